The summed E-state index contributed by atoms with van der Waals surface area (Å²) in [5.74, 6) is -0.101. The van der Waals surface area contributed by atoms with Gasteiger partial charge in [0.15, 0.2) is 17.4 Å². The van der Waals surface area contributed by atoms with Crippen molar-refractivity contribution < 1.29 is 48.8 Å². The number of phosphoric ester groups is 1. The number of hydrogen-bond donors (Lipinski definition) is 9. The zero-order valence-corrected chi connectivity index (χ0v) is 22.1. The number of anilines is 1. The first-order chi connectivity index (χ1) is 19.2. The monoisotopic (exact) mass is 605 g/mol. The fourth-order valence-electron chi connectivity index (χ4n) is 4.25. The predicted molar refractivity (Wildman–Crippen MR) is 134 cm³/mol. The van der Waals surface area contributed by atoms with E-state index in [9.17, 15) is 34.3 Å². The van der Waals surface area contributed by atoms with Crippen LogP contribution >= 0.6 is 7.82 Å². The Kier molecular flexibility index (Phi) is 8.90. The van der Waals surface area contributed by atoms with E-state index in [0.29, 0.717) is 5.56 Å². The lowest BCUT2D eigenvalue weighted by atomic mass is 10.1. The van der Waals surface area contributed by atoms with E-state index in [2.05, 4.69) is 24.5 Å². The molecule has 7 atom stereocenters. The molecule has 0 aromatic carbocycles. The van der Waals surface area contributed by atoms with Gasteiger partial charge >= 0.3 is 13.5 Å². The standard InChI is InChI=1S/C10H13N5O5.C10H15N2O8P/c11-10-13-7-4(8(19)14-10)12-2-15(7)9-6(18)5(17)3(1-16)20-9;1-5-3-12(10(15)11-9(5)14)8-2-6(13)7(20-8)4-19-21(16,17)18/h2-3,5-6,9,16-18H,1H2,(H3,11,13,14,19);3,6-8,13H,2,4H2,1H3,(H,11,14,15)(H2,16,17,18)/t3-,5-,6-,9-;6-,7+,8+/m10/s1. The van der Waals surface area contributed by atoms with Gasteiger partial charge in [-0.15, -0.1) is 0 Å². The molecule has 226 valence electrons. The Morgan fingerprint density at radius 3 is 2.44 bits per heavy atom. The summed E-state index contributed by atoms with van der Waals surface area (Å²) in [5.41, 5.74) is 4.20. The number of hydrogen-bond acceptors (Lipinski definition) is 14. The number of aryl methyl sites for hydroxylation is 1. The van der Waals surface area contributed by atoms with Crippen LogP contribution < -0.4 is 22.5 Å². The number of nitrogen functional groups attached to an aromatic ring is 1. The van der Waals surface area contributed by atoms with Crippen LogP contribution in [0.5, 0.6) is 0 Å². The van der Waals surface area contributed by atoms with Gasteiger partial charge in [0.25, 0.3) is 11.1 Å². The number of aliphatic hydroxyl groups is 4. The van der Waals surface area contributed by atoms with Crippen molar-refractivity contribution in [3.8, 4) is 0 Å². The molecule has 2 saturated heterocycles. The number of aromatic nitrogens is 6. The average Bonchev–Trinajstić information content (AvgIpc) is 3.56. The normalized spacial score (nSPS) is 28.1. The minimum Gasteiger partial charge on any atom is -0.394 e. The third kappa shape index (κ3) is 6.62. The van der Waals surface area contributed by atoms with Crippen LogP contribution in [0, 0.1) is 6.92 Å². The summed E-state index contributed by atoms with van der Waals surface area (Å²) in [6.45, 7) is 0.547. The molecule has 3 aromatic heterocycles. The second-order valence-corrected chi connectivity index (χ2v) is 10.4. The van der Waals surface area contributed by atoms with Crippen LogP contribution in [0.15, 0.2) is 26.9 Å². The molecule has 41 heavy (non-hydrogen) atoms. The summed E-state index contributed by atoms with van der Waals surface area (Å²) in [5, 5.41) is 38.5. The van der Waals surface area contributed by atoms with E-state index < -0.39 is 80.8 Å². The number of phosphoric acid groups is 1. The second-order valence-electron chi connectivity index (χ2n) is 9.20. The van der Waals surface area contributed by atoms with Gasteiger partial charge in [0, 0.05) is 18.2 Å². The molecule has 3 aromatic rings. The van der Waals surface area contributed by atoms with E-state index in [1.54, 1.807) is 0 Å². The zero-order valence-electron chi connectivity index (χ0n) is 21.2. The van der Waals surface area contributed by atoms with Crippen molar-refractivity contribution in [2.45, 2.75) is 56.3 Å². The first-order valence-electron chi connectivity index (χ1n) is 11.9. The second kappa shape index (κ2) is 11.9. The minimum atomic E-state index is -4.67. The number of ether oxygens (including phenoxy) is 2. The lowest BCUT2D eigenvalue weighted by Gasteiger charge is -2.16. The van der Waals surface area contributed by atoms with Crippen LogP contribution in [0.4, 0.5) is 5.95 Å². The average molecular weight is 605 g/mol. The molecule has 2 fully saturated rings. The van der Waals surface area contributed by atoms with Crippen LogP contribution in [0.2, 0.25) is 0 Å². The molecule has 21 heteroatoms. The molecular weight excluding hydrogens is 577 g/mol. The van der Waals surface area contributed by atoms with Crippen LogP contribution in [0.3, 0.4) is 0 Å². The highest BCUT2D eigenvalue weighted by molar-refractivity contribution is 7.46. The van der Waals surface area contributed by atoms with Gasteiger partial charge in [0.1, 0.15) is 30.6 Å². The maximum absolute atomic E-state index is 11.7. The lowest BCUT2D eigenvalue weighted by Crippen LogP contribution is -2.33. The minimum absolute atomic E-state index is 0.0283. The maximum atomic E-state index is 11.7. The quantitative estimate of drug-likeness (QED) is 0.121. The summed E-state index contributed by atoms with van der Waals surface area (Å²) < 4.78 is 28.0. The third-order valence-corrected chi connectivity index (χ3v) is 6.79. The number of aromatic amines is 2. The fourth-order valence-corrected chi connectivity index (χ4v) is 4.59. The smallest absolute Gasteiger partial charge is 0.394 e. The summed E-state index contributed by atoms with van der Waals surface area (Å²) in [4.78, 5) is 64.1. The Labute approximate surface area is 227 Å². The summed E-state index contributed by atoms with van der Waals surface area (Å²) in [7, 11) is -4.67. The molecule has 5 heterocycles. The number of nitrogens with zero attached hydrogens (tertiary/aromatic N) is 4. The molecule has 0 aliphatic carbocycles. The molecule has 0 unspecified atom stereocenters. The number of aliphatic hydroxyl groups excluding tert-OH is 4. The molecule has 10 N–H and O–H groups in total. The maximum Gasteiger partial charge on any atom is 0.469 e. The van der Waals surface area contributed by atoms with Gasteiger partial charge in [0.05, 0.1) is 25.6 Å². The SMILES string of the molecule is Cc1cn([C@H]2C[C@H](O)[C@@H](COP(=O)(O)O)O2)c(=O)[nH]c1=O.Nc1nc2c(ncn2[C@@H]2O[C@H](CO)[C@@H](O)[C@H]2O)c(=O)[nH]1. The Morgan fingerprint density at radius 1 is 1.10 bits per heavy atom. The molecular formula is C20H28N7O13P. The van der Waals surface area contributed by atoms with Gasteiger partial charge in [-0.25, -0.2) is 14.3 Å². The van der Waals surface area contributed by atoms with Crippen molar-refractivity contribution in [2.75, 3.05) is 18.9 Å². The van der Waals surface area contributed by atoms with Gasteiger partial charge in [0.2, 0.25) is 5.95 Å². The molecule has 2 aliphatic heterocycles. The van der Waals surface area contributed by atoms with Crippen molar-refractivity contribution >= 4 is 24.9 Å². The van der Waals surface area contributed by atoms with E-state index in [1.807, 2.05) is 0 Å². The molecule has 0 spiro atoms. The predicted octanol–water partition coefficient (Wildman–Crippen LogP) is -4.08. The Hall–Kier alpha value is -3.30. The molecule has 0 saturated carbocycles. The highest BCUT2D eigenvalue weighted by Crippen LogP contribution is 2.38. The van der Waals surface area contributed by atoms with E-state index in [0.717, 1.165) is 4.57 Å². The summed E-state index contributed by atoms with van der Waals surface area (Å²) in [6, 6.07) is 0. The van der Waals surface area contributed by atoms with Crippen LogP contribution in [-0.4, -0.2) is 103 Å². The van der Waals surface area contributed by atoms with E-state index in [-0.39, 0.29) is 23.5 Å². The van der Waals surface area contributed by atoms with Crippen molar-refractivity contribution in [1.29, 1.82) is 0 Å². The van der Waals surface area contributed by atoms with E-state index in [1.165, 1.54) is 24.0 Å². The molecule has 20 nitrogen and oxygen atoms in total. The lowest BCUT2D eigenvalue weighted by molar-refractivity contribution is -0.0511. The van der Waals surface area contributed by atoms with Crippen LogP contribution in [0.25, 0.3) is 11.2 Å². The van der Waals surface area contributed by atoms with Crippen LogP contribution in [-0.2, 0) is 18.6 Å². The number of nitrogens with one attached hydrogen (secondary N) is 2. The Bertz CT molecular complexity index is 1610. The van der Waals surface area contributed by atoms with Gasteiger partial charge in [-0.05, 0) is 6.92 Å². The van der Waals surface area contributed by atoms with Crippen LogP contribution in [0.1, 0.15) is 24.4 Å². The van der Waals surface area contributed by atoms with Crippen molar-refractivity contribution in [1.82, 2.24) is 29.1 Å². The number of H-pyrrole nitrogens is 2. The van der Waals surface area contributed by atoms with Crippen molar-refractivity contribution in [3.63, 3.8) is 0 Å². The molecule has 5 rings (SSSR count). The first kappa shape index (κ1) is 30.7. The third-order valence-electron chi connectivity index (χ3n) is 6.31. The molecule has 2 aliphatic rings. The van der Waals surface area contributed by atoms with Gasteiger partial charge in [-0.1, -0.05) is 0 Å². The molecule has 0 radical (unpaired) electrons. The summed E-state index contributed by atoms with van der Waals surface area (Å²) >= 11 is 0. The number of imidazole rings is 1. The van der Waals surface area contributed by atoms with Gasteiger partial charge in [-0.3, -0.25) is 33.2 Å². The Morgan fingerprint density at radius 2 is 1.80 bits per heavy atom. The highest BCUT2D eigenvalue weighted by Gasteiger charge is 2.44. The fraction of sp³-hybridized carbons (Fsp3) is 0.550. The van der Waals surface area contributed by atoms with E-state index in [4.69, 9.17) is 30.1 Å². The van der Waals surface area contributed by atoms with Gasteiger partial charge < -0.3 is 45.4 Å². The Balaban J connectivity index is 0.000000189. The zero-order chi connectivity index (χ0) is 30.2. The topological polar surface area (TPSA) is 311 Å². The largest absolute Gasteiger partial charge is 0.469 e. The first-order valence-corrected chi connectivity index (χ1v) is 13.4. The number of rotatable bonds is 6. The van der Waals surface area contributed by atoms with Gasteiger partial charge in [-0.2, -0.15) is 4.98 Å². The van der Waals surface area contributed by atoms with E-state index >= 15 is 0 Å². The highest BCUT2D eigenvalue weighted by atomic mass is 31.2. The van der Waals surface area contributed by atoms with Crippen molar-refractivity contribution in [3.05, 3.63) is 49.3 Å². The number of nitrogens with two attached hydrogens (primary N) is 1. The number of fused-ring (bicyclic) bond motifs is 1. The summed E-state index contributed by atoms with van der Waals surface area (Å²) in [6.07, 6.45) is -4.78. The van der Waals surface area contributed by atoms with Crippen molar-refractivity contribution in [2.24, 2.45) is 0 Å². The molecule has 0 bridgehead atoms. The molecule has 0 amide bonds.